The Balaban J connectivity index is 1.67. The van der Waals surface area contributed by atoms with Crippen LogP contribution in [0.5, 0.6) is 0 Å². The maximum Gasteiger partial charge on any atom is 0.240 e. The summed E-state index contributed by atoms with van der Waals surface area (Å²) < 4.78 is 26.9. The second-order valence-electron chi connectivity index (χ2n) is 5.18. The highest BCUT2D eigenvalue weighted by Gasteiger charge is 2.18. The fourth-order valence-corrected chi connectivity index (χ4v) is 5.03. The van der Waals surface area contributed by atoms with Crippen LogP contribution in [0.15, 0.2) is 58.8 Å². The molecular weight excluding hydrogens is 376 g/mol. The van der Waals surface area contributed by atoms with E-state index in [-0.39, 0.29) is 11.4 Å². The first-order valence-corrected chi connectivity index (χ1v) is 10.5. The minimum absolute atomic E-state index is 0.0594. The third kappa shape index (κ3) is 4.15. The Kier molecular flexibility index (Phi) is 5.32. The number of aliphatic hydroxyl groups excluding tert-OH is 1. The van der Waals surface area contributed by atoms with Crippen LogP contribution in [0.3, 0.4) is 0 Å². The van der Waals surface area contributed by atoms with Gasteiger partial charge in [0.1, 0.15) is 6.10 Å². The average Bonchev–Trinajstić information content (AvgIpc) is 3.31. The van der Waals surface area contributed by atoms with Crippen LogP contribution in [0, 0.1) is 11.3 Å². The largest absolute Gasteiger partial charge is 0.386 e. The van der Waals surface area contributed by atoms with E-state index in [2.05, 4.69) is 4.72 Å². The maximum absolute atomic E-state index is 12.3. The third-order valence-corrected chi connectivity index (χ3v) is 7.17. The van der Waals surface area contributed by atoms with Gasteiger partial charge in [-0.3, -0.25) is 0 Å². The van der Waals surface area contributed by atoms with Crippen molar-refractivity contribution in [3.05, 3.63) is 64.4 Å². The van der Waals surface area contributed by atoms with Crippen molar-refractivity contribution in [2.24, 2.45) is 0 Å². The molecule has 2 N–H and O–H groups in total. The molecule has 3 rings (SSSR count). The summed E-state index contributed by atoms with van der Waals surface area (Å²) in [4.78, 5) is 2.91. The normalized spacial score (nSPS) is 12.6. The Morgan fingerprint density at radius 2 is 1.88 bits per heavy atom. The molecule has 128 valence electrons. The molecular formula is C17H14N2O3S3. The summed E-state index contributed by atoms with van der Waals surface area (Å²) in [6.45, 7) is -0.118. The van der Waals surface area contributed by atoms with Gasteiger partial charge < -0.3 is 5.11 Å². The van der Waals surface area contributed by atoms with E-state index in [1.165, 1.54) is 35.6 Å². The molecule has 0 aliphatic rings. The van der Waals surface area contributed by atoms with Gasteiger partial charge in [-0.15, -0.1) is 22.7 Å². The van der Waals surface area contributed by atoms with E-state index in [0.29, 0.717) is 10.4 Å². The molecule has 0 radical (unpaired) electrons. The van der Waals surface area contributed by atoms with E-state index >= 15 is 0 Å². The van der Waals surface area contributed by atoms with E-state index in [9.17, 15) is 13.5 Å². The molecule has 0 amide bonds. The zero-order chi connectivity index (χ0) is 17.9. The van der Waals surface area contributed by atoms with E-state index in [0.717, 1.165) is 9.75 Å². The number of benzene rings is 1. The van der Waals surface area contributed by atoms with Crippen LogP contribution in [0.25, 0.3) is 9.75 Å². The molecule has 1 aromatic carbocycles. The highest BCUT2D eigenvalue weighted by molar-refractivity contribution is 7.89. The van der Waals surface area contributed by atoms with E-state index in [1.54, 1.807) is 17.4 Å². The van der Waals surface area contributed by atoms with Crippen LogP contribution in [0.4, 0.5) is 0 Å². The summed E-state index contributed by atoms with van der Waals surface area (Å²) >= 11 is 3.05. The Bertz CT molecular complexity index is 985. The number of rotatable bonds is 6. The quantitative estimate of drug-likeness (QED) is 0.675. The van der Waals surface area contributed by atoms with Gasteiger partial charge in [-0.05, 0) is 47.8 Å². The zero-order valence-electron chi connectivity index (χ0n) is 12.9. The lowest BCUT2D eigenvalue weighted by molar-refractivity contribution is 0.186. The fraction of sp³-hybridized carbons (Fsp3) is 0.118. The monoisotopic (exact) mass is 390 g/mol. The Morgan fingerprint density at radius 3 is 2.52 bits per heavy atom. The molecule has 0 saturated carbocycles. The second kappa shape index (κ2) is 7.47. The number of sulfonamides is 1. The van der Waals surface area contributed by atoms with Crippen LogP contribution in [0.1, 0.15) is 16.5 Å². The number of nitrogens with one attached hydrogen (secondary N) is 1. The van der Waals surface area contributed by atoms with Gasteiger partial charge in [0.15, 0.2) is 0 Å². The van der Waals surface area contributed by atoms with Crippen molar-refractivity contribution < 1.29 is 13.5 Å². The van der Waals surface area contributed by atoms with Crippen LogP contribution in [0.2, 0.25) is 0 Å². The summed E-state index contributed by atoms with van der Waals surface area (Å²) in [7, 11) is -3.74. The topological polar surface area (TPSA) is 90.2 Å². The number of nitriles is 1. The van der Waals surface area contributed by atoms with Crippen molar-refractivity contribution >= 4 is 32.7 Å². The van der Waals surface area contributed by atoms with Crippen LogP contribution in [-0.2, 0) is 10.0 Å². The van der Waals surface area contributed by atoms with Crippen LogP contribution >= 0.6 is 22.7 Å². The predicted molar refractivity (Wildman–Crippen MR) is 98.9 cm³/mol. The first kappa shape index (κ1) is 17.8. The molecule has 8 heteroatoms. The summed E-state index contributed by atoms with van der Waals surface area (Å²) in [5, 5.41) is 21.0. The minimum Gasteiger partial charge on any atom is -0.386 e. The first-order valence-electron chi connectivity index (χ1n) is 7.31. The van der Waals surface area contributed by atoms with Gasteiger partial charge in [-0.1, -0.05) is 6.07 Å². The van der Waals surface area contributed by atoms with Gasteiger partial charge in [0.2, 0.25) is 10.0 Å². The van der Waals surface area contributed by atoms with Gasteiger partial charge in [0, 0.05) is 21.2 Å². The minimum atomic E-state index is -3.74. The molecule has 0 aliphatic heterocycles. The first-order chi connectivity index (χ1) is 12.0. The van der Waals surface area contributed by atoms with E-state index in [4.69, 9.17) is 5.26 Å². The Labute approximate surface area is 153 Å². The lowest BCUT2D eigenvalue weighted by Crippen LogP contribution is -2.28. The molecule has 2 aromatic heterocycles. The van der Waals surface area contributed by atoms with Gasteiger partial charge in [-0.2, -0.15) is 5.26 Å². The van der Waals surface area contributed by atoms with Gasteiger partial charge in [-0.25, -0.2) is 13.1 Å². The number of thiophene rings is 2. The van der Waals surface area contributed by atoms with E-state index < -0.39 is 16.1 Å². The predicted octanol–water partition coefficient (Wildman–Crippen LogP) is 3.36. The Hall–Kier alpha value is -2.02. The molecule has 0 bridgehead atoms. The number of hydrogen-bond donors (Lipinski definition) is 2. The second-order valence-corrected chi connectivity index (χ2v) is 9.01. The fourth-order valence-electron chi connectivity index (χ4n) is 2.16. The van der Waals surface area contributed by atoms with Crippen molar-refractivity contribution in [3.63, 3.8) is 0 Å². The molecule has 1 atom stereocenters. The van der Waals surface area contributed by atoms with Crippen LogP contribution < -0.4 is 4.72 Å². The average molecular weight is 391 g/mol. The molecule has 0 unspecified atom stereocenters. The van der Waals surface area contributed by atoms with Gasteiger partial charge in [0.25, 0.3) is 0 Å². The molecule has 5 nitrogen and oxygen atoms in total. The molecule has 2 heterocycles. The van der Waals surface area contributed by atoms with Gasteiger partial charge >= 0.3 is 0 Å². The molecule has 3 aromatic rings. The standard InChI is InChI=1S/C17H14N2O3S3/c18-10-12-3-5-13(6-4-12)25(21,22)19-11-14(20)15-7-8-17(24-15)16-2-1-9-23-16/h1-9,14,19-20H,11H2/t14-/m0/s1. The van der Waals surface area contributed by atoms with E-state index in [1.807, 2.05) is 29.6 Å². The summed E-state index contributed by atoms with van der Waals surface area (Å²) in [5.74, 6) is 0. The lowest BCUT2D eigenvalue weighted by atomic mass is 10.2. The Morgan fingerprint density at radius 1 is 1.12 bits per heavy atom. The lowest BCUT2D eigenvalue weighted by Gasteiger charge is -2.11. The molecule has 0 saturated heterocycles. The zero-order valence-corrected chi connectivity index (χ0v) is 15.4. The highest BCUT2D eigenvalue weighted by Crippen LogP contribution is 2.33. The SMILES string of the molecule is N#Cc1ccc(S(=O)(=O)NC[C@H](O)c2ccc(-c3cccs3)s2)cc1. The number of nitrogens with zero attached hydrogens (tertiary/aromatic N) is 1. The van der Waals surface area contributed by atoms with Crippen LogP contribution in [-0.4, -0.2) is 20.1 Å². The maximum atomic E-state index is 12.3. The number of aliphatic hydroxyl groups is 1. The summed E-state index contributed by atoms with van der Waals surface area (Å²) in [5.41, 5.74) is 0.388. The summed E-state index contributed by atoms with van der Waals surface area (Å²) in [6.07, 6.45) is -0.924. The van der Waals surface area contributed by atoms with Crippen molar-refractivity contribution in [1.29, 1.82) is 5.26 Å². The molecule has 0 spiro atoms. The summed E-state index contributed by atoms with van der Waals surface area (Å²) in [6, 6.07) is 15.2. The number of hydrogen-bond acceptors (Lipinski definition) is 6. The van der Waals surface area contributed by atoms with Crippen molar-refractivity contribution in [2.75, 3.05) is 6.54 Å². The van der Waals surface area contributed by atoms with Gasteiger partial charge in [0.05, 0.1) is 16.5 Å². The molecule has 25 heavy (non-hydrogen) atoms. The highest BCUT2D eigenvalue weighted by atomic mass is 32.2. The smallest absolute Gasteiger partial charge is 0.240 e. The molecule has 0 aliphatic carbocycles. The van der Waals surface area contributed by atoms with Crippen molar-refractivity contribution in [2.45, 2.75) is 11.0 Å². The third-order valence-electron chi connectivity index (χ3n) is 3.48. The van der Waals surface area contributed by atoms with Crippen molar-refractivity contribution in [3.8, 4) is 15.8 Å². The van der Waals surface area contributed by atoms with Crippen molar-refractivity contribution in [1.82, 2.24) is 4.72 Å². The molecule has 0 fully saturated rings.